The summed E-state index contributed by atoms with van der Waals surface area (Å²) in [7, 11) is 0. The molecule has 3 atom stereocenters. The Labute approximate surface area is 135 Å². The maximum atomic E-state index is 5.57. The summed E-state index contributed by atoms with van der Waals surface area (Å²) in [5.41, 5.74) is 2.25. The molecule has 5 rings (SSSR count). The van der Waals surface area contributed by atoms with E-state index in [0.717, 1.165) is 42.6 Å². The van der Waals surface area contributed by atoms with Crippen LogP contribution in [0.4, 0.5) is 0 Å². The van der Waals surface area contributed by atoms with Crippen molar-refractivity contribution in [3.8, 4) is 17.1 Å². The van der Waals surface area contributed by atoms with Crippen molar-refractivity contribution in [3.63, 3.8) is 0 Å². The Balaban J connectivity index is 1.38. The van der Waals surface area contributed by atoms with Gasteiger partial charge in [-0.1, -0.05) is 18.0 Å². The van der Waals surface area contributed by atoms with Crippen molar-refractivity contribution in [2.75, 3.05) is 6.61 Å². The van der Waals surface area contributed by atoms with Crippen LogP contribution in [0.5, 0.6) is 5.75 Å². The van der Waals surface area contributed by atoms with Gasteiger partial charge >= 0.3 is 0 Å². The molecule has 3 aliphatic rings. The molecular weight excluding hydrogens is 290 g/mol. The first-order chi connectivity index (χ1) is 11.4. The molecule has 5 nitrogen and oxygen atoms in total. The number of nitrogens with one attached hydrogen (secondary N) is 1. The van der Waals surface area contributed by atoms with Crippen LogP contribution in [-0.2, 0) is 6.42 Å². The third-order valence-electron chi connectivity index (χ3n) is 5.55. The first-order valence-electron chi connectivity index (χ1n) is 8.72. The highest BCUT2D eigenvalue weighted by Gasteiger charge is 2.38. The SMILES string of the molecule is c1cc2c(cc1-c1noc(C3CC4CCCCC4N3)n1)CCO2. The molecule has 1 saturated carbocycles. The fraction of sp³-hybridized carbons (Fsp3) is 0.556. The van der Waals surface area contributed by atoms with Crippen molar-refractivity contribution in [2.24, 2.45) is 5.92 Å². The molecule has 23 heavy (non-hydrogen) atoms. The predicted octanol–water partition coefficient (Wildman–Crippen LogP) is 3.26. The maximum Gasteiger partial charge on any atom is 0.244 e. The van der Waals surface area contributed by atoms with Gasteiger partial charge < -0.3 is 14.6 Å². The standard InChI is InChI=1S/C18H21N3O2/c1-2-4-14-11(3-1)10-15(19-14)18-20-17(21-23-18)13-5-6-16-12(9-13)7-8-22-16/h5-6,9,11,14-15,19H,1-4,7-8,10H2. The van der Waals surface area contributed by atoms with Crippen molar-refractivity contribution in [2.45, 2.75) is 50.6 Å². The normalized spacial score (nSPS) is 29.1. The van der Waals surface area contributed by atoms with Gasteiger partial charge in [0.1, 0.15) is 5.75 Å². The van der Waals surface area contributed by atoms with Crippen LogP contribution in [0.15, 0.2) is 22.7 Å². The minimum absolute atomic E-state index is 0.224. The predicted molar refractivity (Wildman–Crippen MR) is 85.2 cm³/mol. The molecule has 0 spiro atoms. The summed E-state index contributed by atoms with van der Waals surface area (Å²) < 4.78 is 11.1. The van der Waals surface area contributed by atoms with Crippen LogP contribution in [0.1, 0.15) is 49.6 Å². The zero-order valence-electron chi connectivity index (χ0n) is 13.1. The molecule has 1 aromatic heterocycles. The zero-order valence-corrected chi connectivity index (χ0v) is 13.1. The number of benzene rings is 1. The number of ether oxygens (including phenoxy) is 1. The van der Waals surface area contributed by atoms with E-state index in [9.17, 15) is 0 Å². The van der Waals surface area contributed by atoms with Crippen LogP contribution < -0.4 is 10.1 Å². The lowest BCUT2D eigenvalue weighted by atomic mass is 9.85. The summed E-state index contributed by atoms with van der Waals surface area (Å²) in [6, 6.07) is 7.01. The molecule has 1 N–H and O–H groups in total. The molecule has 0 bridgehead atoms. The molecule has 1 aliphatic carbocycles. The zero-order chi connectivity index (χ0) is 15.2. The van der Waals surface area contributed by atoms with Gasteiger partial charge in [0, 0.05) is 18.0 Å². The highest BCUT2D eigenvalue weighted by atomic mass is 16.5. The van der Waals surface area contributed by atoms with Crippen molar-refractivity contribution in [3.05, 3.63) is 29.7 Å². The third kappa shape index (κ3) is 2.34. The maximum absolute atomic E-state index is 5.57. The van der Waals surface area contributed by atoms with E-state index in [1.165, 1.54) is 31.2 Å². The molecule has 2 aromatic rings. The van der Waals surface area contributed by atoms with Gasteiger partial charge in [-0.3, -0.25) is 0 Å². The third-order valence-corrected chi connectivity index (χ3v) is 5.55. The number of hydrogen-bond acceptors (Lipinski definition) is 5. The molecule has 1 aromatic carbocycles. The van der Waals surface area contributed by atoms with Crippen molar-refractivity contribution in [1.29, 1.82) is 0 Å². The number of aromatic nitrogens is 2. The first-order valence-corrected chi connectivity index (χ1v) is 8.72. The molecule has 3 heterocycles. The summed E-state index contributed by atoms with van der Waals surface area (Å²) >= 11 is 0. The summed E-state index contributed by atoms with van der Waals surface area (Å²) in [4.78, 5) is 4.66. The second kappa shape index (κ2) is 5.34. The smallest absolute Gasteiger partial charge is 0.244 e. The van der Waals surface area contributed by atoms with E-state index in [2.05, 4.69) is 21.5 Å². The Morgan fingerprint density at radius 3 is 3.09 bits per heavy atom. The Bertz CT molecular complexity index is 713. The lowest BCUT2D eigenvalue weighted by Gasteiger charge is -2.24. The van der Waals surface area contributed by atoms with E-state index in [1.54, 1.807) is 0 Å². The van der Waals surface area contributed by atoms with E-state index in [0.29, 0.717) is 11.9 Å². The molecule has 5 heteroatoms. The Kier molecular flexibility index (Phi) is 3.14. The Morgan fingerprint density at radius 1 is 1.17 bits per heavy atom. The number of nitrogens with zero attached hydrogens (tertiary/aromatic N) is 2. The average molecular weight is 311 g/mol. The van der Waals surface area contributed by atoms with Gasteiger partial charge in [-0.05, 0) is 48.9 Å². The van der Waals surface area contributed by atoms with Crippen LogP contribution in [0.25, 0.3) is 11.4 Å². The minimum Gasteiger partial charge on any atom is -0.493 e. The molecule has 120 valence electrons. The quantitative estimate of drug-likeness (QED) is 0.922. The highest BCUT2D eigenvalue weighted by Crippen LogP contribution is 2.39. The minimum atomic E-state index is 0.224. The molecule has 0 amide bonds. The molecule has 1 saturated heterocycles. The van der Waals surface area contributed by atoms with Gasteiger partial charge in [-0.15, -0.1) is 0 Å². The van der Waals surface area contributed by atoms with Crippen molar-refractivity contribution < 1.29 is 9.26 Å². The van der Waals surface area contributed by atoms with Gasteiger partial charge in [-0.2, -0.15) is 4.98 Å². The van der Waals surface area contributed by atoms with Crippen molar-refractivity contribution in [1.82, 2.24) is 15.5 Å². The van der Waals surface area contributed by atoms with Crippen LogP contribution in [-0.4, -0.2) is 22.8 Å². The second-order valence-corrected chi connectivity index (χ2v) is 6.98. The lowest BCUT2D eigenvalue weighted by Crippen LogP contribution is -2.30. The van der Waals surface area contributed by atoms with E-state index < -0.39 is 0 Å². The Hall–Kier alpha value is -1.88. The highest BCUT2D eigenvalue weighted by molar-refractivity contribution is 5.59. The van der Waals surface area contributed by atoms with E-state index in [-0.39, 0.29) is 6.04 Å². The fourth-order valence-electron chi connectivity index (χ4n) is 4.33. The summed E-state index contributed by atoms with van der Waals surface area (Å²) in [6.07, 6.45) is 7.41. The molecule has 0 radical (unpaired) electrons. The molecular formula is C18H21N3O2. The van der Waals surface area contributed by atoms with Crippen LogP contribution in [0.2, 0.25) is 0 Å². The number of fused-ring (bicyclic) bond motifs is 2. The summed E-state index contributed by atoms with van der Waals surface area (Å²) in [5, 5.41) is 7.91. The van der Waals surface area contributed by atoms with E-state index in [1.807, 2.05) is 12.1 Å². The van der Waals surface area contributed by atoms with Gasteiger partial charge in [0.15, 0.2) is 0 Å². The van der Waals surface area contributed by atoms with E-state index >= 15 is 0 Å². The summed E-state index contributed by atoms with van der Waals surface area (Å²) in [5.74, 6) is 3.19. The van der Waals surface area contributed by atoms with Crippen LogP contribution >= 0.6 is 0 Å². The average Bonchev–Trinajstić information content (AvgIpc) is 3.31. The first kappa shape index (κ1) is 13.5. The summed E-state index contributed by atoms with van der Waals surface area (Å²) in [6.45, 7) is 0.769. The fourth-order valence-corrected chi connectivity index (χ4v) is 4.33. The van der Waals surface area contributed by atoms with Crippen molar-refractivity contribution >= 4 is 0 Å². The molecule has 2 aliphatic heterocycles. The largest absolute Gasteiger partial charge is 0.493 e. The van der Waals surface area contributed by atoms with Gasteiger partial charge in [-0.25, -0.2) is 0 Å². The topological polar surface area (TPSA) is 60.2 Å². The van der Waals surface area contributed by atoms with Crippen LogP contribution in [0.3, 0.4) is 0 Å². The van der Waals surface area contributed by atoms with Gasteiger partial charge in [0.2, 0.25) is 11.7 Å². The molecule has 2 fully saturated rings. The second-order valence-electron chi connectivity index (χ2n) is 6.98. The number of hydrogen-bond donors (Lipinski definition) is 1. The van der Waals surface area contributed by atoms with E-state index in [4.69, 9.17) is 9.26 Å². The van der Waals surface area contributed by atoms with Gasteiger partial charge in [0.25, 0.3) is 0 Å². The number of rotatable bonds is 2. The molecule has 3 unspecified atom stereocenters. The van der Waals surface area contributed by atoms with Crippen LogP contribution in [0, 0.1) is 5.92 Å². The van der Waals surface area contributed by atoms with Gasteiger partial charge in [0.05, 0.1) is 12.6 Å². The lowest BCUT2D eigenvalue weighted by molar-refractivity contribution is 0.324. The Morgan fingerprint density at radius 2 is 2.13 bits per heavy atom. The monoisotopic (exact) mass is 311 g/mol.